The summed E-state index contributed by atoms with van der Waals surface area (Å²) in [5.74, 6) is -0.828. The summed E-state index contributed by atoms with van der Waals surface area (Å²) < 4.78 is 36.8. The van der Waals surface area contributed by atoms with Gasteiger partial charge in [0.2, 0.25) is 0 Å². The summed E-state index contributed by atoms with van der Waals surface area (Å²) in [6.07, 6.45) is 2.41. The lowest BCUT2D eigenvalue weighted by molar-refractivity contribution is -0.177. The molecule has 0 aromatic heterocycles. The van der Waals surface area contributed by atoms with E-state index >= 15 is 0 Å². The van der Waals surface area contributed by atoms with E-state index < -0.39 is 35.9 Å². The van der Waals surface area contributed by atoms with Crippen LogP contribution in [0.3, 0.4) is 0 Å². The summed E-state index contributed by atoms with van der Waals surface area (Å²) >= 11 is 6.79. The molecule has 0 bridgehead atoms. The van der Waals surface area contributed by atoms with Gasteiger partial charge >= 0.3 is 6.72 Å². The zero-order valence-electron chi connectivity index (χ0n) is 28.5. The van der Waals surface area contributed by atoms with Gasteiger partial charge in [0, 0.05) is 5.92 Å². The van der Waals surface area contributed by atoms with Crippen molar-refractivity contribution in [1.29, 1.82) is 0 Å². The monoisotopic (exact) mass is 702 g/mol. The molecule has 0 spiro atoms. The predicted octanol–water partition coefficient (Wildman–Crippen LogP) is 10.4. The molecule has 1 aliphatic carbocycles. The summed E-state index contributed by atoms with van der Waals surface area (Å²) in [4.78, 5) is 0. The van der Waals surface area contributed by atoms with Crippen LogP contribution in [0.2, 0.25) is 0 Å². The van der Waals surface area contributed by atoms with Gasteiger partial charge in [-0.05, 0) is 66.3 Å². The van der Waals surface area contributed by atoms with E-state index in [1.165, 1.54) is 5.56 Å². The van der Waals surface area contributed by atoms with Gasteiger partial charge in [-0.25, -0.2) is 0 Å². The Morgan fingerprint density at radius 2 is 0.900 bits per heavy atom. The van der Waals surface area contributed by atoms with Crippen molar-refractivity contribution >= 4 is 18.5 Å². The van der Waals surface area contributed by atoms with Gasteiger partial charge in [-0.3, -0.25) is 9.05 Å². The van der Waals surface area contributed by atoms with Crippen LogP contribution in [-0.2, 0) is 46.1 Å². The highest BCUT2D eigenvalue weighted by Gasteiger charge is 2.68. The molecule has 4 atom stereocenters. The first-order valence-electron chi connectivity index (χ1n) is 17.7. The van der Waals surface area contributed by atoms with Crippen LogP contribution in [0.1, 0.15) is 73.3 Å². The van der Waals surface area contributed by atoms with Crippen LogP contribution in [0.5, 0.6) is 0 Å². The molecule has 0 amide bonds. The minimum atomic E-state index is -3.71. The first-order valence-corrected chi connectivity index (χ1v) is 20.2. The van der Waals surface area contributed by atoms with Crippen molar-refractivity contribution in [2.45, 2.75) is 80.7 Å². The molecule has 8 rings (SSSR count). The topological polar surface area (TPSA) is 46.2 Å². The molecule has 2 aliphatic heterocycles. The standard InChI is InChI=1S/C43H43O5PS/c1-41(2)44-39-40(45-41)43(35-26-14-6-15-27-35,36-28-16-7-17-29-36)48-49(50,46-38-31-19-18-30-37(38)32-20-8-3-9-21-32)47-42(39,33-22-10-4-11-23-33)34-24-12-5-13-25-34/h3-17,20-29,37-40H,18-19,30-31H2,1-2H3/t37-,38+,39+,40+/m0/s1. The van der Waals surface area contributed by atoms with E-state index in [1.807, 2.05) is 86.6 Å². The normalized spacial score (nSPS) is 26.4. The second-order valence-electron chi connectivity index (χ2n) is 14.0. The van der Waals surface area contributed by atoms with Gasteiger partial charge in [0.15, 0.2) is 17.0 Å². The maximum atomic E-state index is 7.63. The Bertz CT molecular complexity index is 1740. The summed E-state index contributed by atoms with van der Waals surface area (Å²) in [6, 6.07) is 51.7. The smallest absolute Gasteiger partial charge is 0.330 e. The van der Waals surface area contributed by atoms with Crippen molar-refractivity contribution in [1.82, 2.24) is 0 Å². The molecule has 2 saturated heterocycles. The lowest BCUT2D eigenvalue weighted by atomic mass is 9.72. The molecule has 0 N–H and O–H groups in total. The summed E-state index contributed by atoms with van der Waals surface area (Å²) in [5, 5.41) is 0. The van der Waals surface area contributed by atoms with Gasteiger partial charge in [-0.2, -0.15) is 0 Å². The van der Waals surface area contributed by atoms with Crippen LogP contribution in [0, 0.1) is 0 Å². The molecular formula is C43H43O5PS. The van der Waals surface area contributed by atoms with Gasteiger partial charge in [-0.1, -0.05) is 165 Å². The van der Waals surface area contributed by atoms with Crippen molar-refractivity contribution in [2.24, 2.45) is 0 Å². The lowest BCUT2D eigenvalue weighted by Gasteiger charge is -2.42. The molecular weight excluding hydrogens is 660 g/mol. The SMILES string of the molecule is CC1(C)O[C@@H]2[C@@H](O1)C(c1ccccc1)(c1ccccc1)OP(=S)(O[C@@H]1CCCC[C@H]1c1ccccc1)OC2(c1ccccc1)c1ccccc1. The number of benzene rings is 5. The fourth-order valence-electron chi connectivity index (χ4n) is 8.29. The lowest BCUT2D eigenvalue weighted by Crippen LogP contribution is -2.53. The van der Waals surface area contributed by atoms with Crippen molar-refractivity contribution < 1.29 is 23.0 Å². The van der Waals surface area contributed by atoms with E-state index in [1.54, 1.807) is 0 Å². The minimum absolute atomic E-state index is 0.150. The third kappa shape index (κ3) is 6.01. The zero-order chi connectivity index (χ0) is 34.2. The van der Waals surface area contributed by atoms with Gasteiger partial charge in [-0.15, -0.1) is 0 Å². The molecule has 5 aromatic carbocycles. The Balaban J connectivity index is 1.41. The predicted molar refractivity (Wildman–Crippen MR) is 200 cm³/mol. The van der Waals surface area contributed by atoms with Crippen molar-refractivity contribution in [2.75, 3.05) is 0 Å². The number of hydrogen-bond acceptors (Lipinski definition) is 6. The van der Waals surface area contributed by atoms with E-state index in [0.29, 0.717) is 0 Å². The van der Waals surface area contributed by atoms with Crippen LogP contribution in [-0.4, -0.2) is 24.1 Å². The highest BCUT2D eigenvalue weighted by molar-refractivity contribution is 8.07. The van der Waals surface area contributed by atoms with E-state index in [9.17, 15) is 0 Å². The fraction of sp³-hybridized carbons (Fsp3) is 0.302. The maximum Gasteiger partial charge on any atom is 0.330 e. The largest absolute Gasteiger partial charge is 0.341 e. The maximum absolute atomic E-state index is 7.63. The Morgan fingerprint density at radius 1 is 0.540 bits per heavy atom. The second-order valence-corrected chi connectivity index (χ2v) is 16.8. The molecule has 3 aliphatic rings. The highest BCUT2D eigenvalue weighted by atomic mass is 32.5. The third-order valence-corrected chi connectivity index (χ3v) is 12.7. The third-order valence-electron chi connectivity index (χ3n) is 10.4. The molecule has 2 heterocycles. The van der Waals surface area contributed by atoms with Crippen LogP contribution >= 0.6 is 6.72 Å². The molecule has 5 aromatic rings. The molecule has 256 valence electrons. The van der Waals surface area contributed by atoms with E-state index in [0.717, 1.165) is 47.9 Å². The quantitative estimate of drug-likeness (QED) is 0.157. The van der Waals surface area contributed by atoms with Crippen LogP contribution in [0.15, 0.2) is 152 Å². The molecule has 3 fully saturated rings. The minimum Gasteiger partial charge on any atom is -0.341 e. The number of rotatable bonds is 7. The zero-order valence-corrected chi connectivity index (χ0v) is 30.2. The first-order chi connectivity index (χ1) is 24.3. The van der Waals surface area contributed by atoms with Crippen LogP contribution < -0.4 is 0 Å². The second kappa shape index (κ2) is 13.6. The highest BCUT2D eigenvalue weighted by Crippen LogP contribution is 2.70. The first kappa shape index (κ1) is 33.7. The van der Waals surface area contributed by atoms with Gasteiger partial charge in [0.05, 0.1) is 6.10 Å². The van der Waals surface area contributed by atoms with E-state index in [4.69, 9.17) is 34.9 Å². The molecule has 0 unspecified atom stereocenters. The van der Waals surface area contributed by atoms with Crippen molar-refractivity contribution in [3.05, 3.63) is 179 Å². The van der Waals surface area contributed by atoms with Gasteiger partial charge in [0.25, 0.3) is 0 Å². The number of hydrogen-bond donors (Lipinski definition) is 0. The van der Waals surface area contributed by atoms with Crippen molar-refractivity contribution in [3.63, 3.8) is 0 Å². The average molecular weight is 703 g/mol. The van der Waals surface area contributed by atoms with Gasteiger partial charge < -0.3 is 14.0 Å². The van der Waals surface area contributed by atoms with Gasteiger partial charge in [0.1, 0.15) is 12.2 Å². The number of ether oxygens (including phenoxy) is 2. The molecule has 5 nitrogen and oxygen atoms in total. The van der Waals surface area contributed by atoms with Crippen molar-refractivity contribution in [3.8, 4) is 0 Å². The Morgan fingerprint density at radius 3 is 1.30 bits per heavy atom. The summed E-state index contributed by atoms with van der Waals surface area (Å²) in [5.41, 5.74) is 2.31. The summed E-state index contributed by atoms with van der Waals surface area (Å²) in [7, 11) is 0. The Labute approximate surface area is 300 Å². The fourth-order valence-corrected chi connectivity index (χ4v) is 11.4. The molecule has 0 radical (unpaired) electrons. The molecule has 7 heteroatoms. The van der Waals surface area contributed by atoms with Crippen LogP contribution in [0.4, 0.5) is 0 Å². The molecule has 1 saturated carbocycles. The number of fused-ring (bicyclic) bond motifs is 1. The molecule has 50 heavy (non-hydrogen) atoms. The average Bonchev–Trinajstić information content (AvgIpc) is 3.46. The Kier molecular flexibility index (Phi) is 9.16. The van der Waals surface area contributed by atoms with Crippen LogP contribution in [0.25, 0.3) is 0 Å². The van der Waals surface area contributed by atoms with E-state index in [-0.39, 0.29) is 12.0 Å². The summed E-state index contributed by atoms with van der Waals surface area (Å²) in [6.45, 7) is 0.210. The Hall–Kier alpha value is -3.45. The van der Waals surface area contributed by atoms with E-state index in [2.05, 4.69) is 78.9 Å².